The van der Waals surface area contributed by atoms with Crippen LogP contribution >= 0.6 is 11.3 Å². The highest BCUT2D eigenvalue weighted by Gasteiger charge is 2.33. The summed E-state index contributed by atoms with van der Waals surface area (Å²) in [4.78, 5) is 31.7. The molecule has 1 aliphatic rings. The summed E-state index contributed by atoms with van der Waals surface area (Å²) < 4.78 is 0. The molecule has 0 bridgehead atoms. The summed E-state index contributed by atoms with van der Waals surface area (Å²) in [5.74, 6) is -0.120. The van der Waals surface area contributed by atoms with Crippen molar-refractivity contribution in [1.29, 1.82) is 0 Å². The van der Waals surface area contributed by atoms with Crippen LogP contribution in [0.5, 0.6) is 0 Å². The summed E-state index contributed by atoms with van der Waals surface area (Å²) in [6.45, 7) is 5.51. The average molecular weight is 473 g/mol. The van der Waals surface area contributed by atoms with Gasteiger partial charge in [0.25, 0.3) is 0 Å². The molecule has 0 saturated heterocycles. The van der Waals surface area contributed by atoms with E-state index in [1.165, 1.54) is 16.0 Å². The maximum absolute atomic E-state index is 13.6. The lowest BCUT2D eigenvalue weighted by Crippen LogP contribution is -2.46. The number of nitrogens with zero attached hydrogens (tertiary/aromatic N) is 2. The van der Waals surface area contributed by atoms with Gasteiger partial charge < -0.3 is 9.80 Å². The van der Waals surface area contributed by atoms with E-state index in [2.05, 4.69) is 49.6 Å². The molecular formula is C29H32N2O2S. The number of aryl methyl sites for hydroxylation is 1. The molecule has 0 radical (unpaired) electrons. The Morgan fingerprint density at radius 3 is 2.59 bits per heavy atom. The third-order valence-corrected chi connectivity index (χ3v) is 7.31. The van der Waals surface area contributed by atoms with Gasteiger partial charge in [0.15, 0.2) is 0 Å². The van der Waals surface area contributed by atoms with E-state index < -0.39 is 0 Å². The molecule has 1 aliphatic heterocycles. The monoisotopic (exact) mass is 472 g/mol. The minimum Gasteiger partial charge on any atom is -0.330 e. The minimum atomic E-state index is -0.120. The van der Waals surface area contributed by atoms with E-state index in [1.54, 1.807) is 22.3 Å². The molecular weight excluding hydrogens is 440 g/mol. The Balaban J connectivity index is 1.55. The van der Waals surface area contributed by atoms with Crippen LogP contribution in [0.15, 0.2) is 72.1 Å². The van der Waals surface area contributed by atoms with Crippen molar-refractivity contribution in [3.05, 3.63) is 99.3 Å². The fourth-order valence-electron chi connectivity index (χ4n) is 4.40. The summed E-state index contributed by atoms with van der Waals surface area (Å²) in [5, 5.41) is 2.12. The Hall–Kier alpha value is -3.18. The topological polar surface area (TPSA) is 40.6 Å². The Morgan fingerprint density at radius 1 is 1.09 bits per heavy atom. The first-order valence-electron chi connectivity index (χ1n) is 12.0. The van der Waals surface area contributed by atoms with Gasteiger partial charge in [-0.05, 0) is 54.0 Å². The number of amides is 2. The van der Waals surface area contributed by atoms with Gasteiger partial charge in [-0.1, -0.05) is 73.5 Å². The zero-order valence-corrected chi connectivity index (χ0v) is 20.8. The molecule has 1 aromatic heterocycles. The van der Waals surface area contributed by atoms with E-state index in [-0.39, 0.29) is 24.4 Å². The molecule has 0 saturated carbocycles. The van der Waals surface area contributed by atoms with Crippen molar-refractivity contribution < 1.29 is 9.59 Å². The fraction of sp³-hybridized carbons (Fsp3) is 0.310. The predicted octanol–water partition coefficient (Wildman–Crippen LogP) is 5.87. The van der Waals surface area contributed by atoms with Gasteiger partial charge in [0.1, 0.15) is 6.54 Å². The first kappa shape index (κ1) is 24.0. The lowest BCUT2D eigenvalue weighted by molar-refractivity contribution is -0.139. The van der Waals surface area contributed by atoms with Gasteiger partial charge in [-0.25, -0.2) is 0 Å². The van der Waals surface area contributed by atoms with Crippen molar-refractivity contribution in [1.82, 2.24) is 9.80 Å². The Bertz CT molecular complexity index is 1130. The van der Waals surface area contributed by atoms with Gasteiger partial charge in [0.2, 0.25) is 11.8 Å². The van der Waals surface area contributed by atoms with Gasteiger partial charge in [0, 0.05) is 24.0 Å². The number of thiophene rings is 1. The van der Waals surface area contributed by atoms with Crippen molar-refractivity contribution in [2.75, 3.05) is 19.6 Å². The Labute approximate surface area is 206 Å². The van der Waals surface area contributed by atoms with Crippen molar-refractivity contribution in [2.45, 2.75) is 39.2 Å². The van der Waals surface area contributed by atoms with Crippen molar-refractivity contribution in [3.8, 4) is 0 Å². The second-order valence-electron chi connectivity index (χ2n) is 8.81. The summed E-state index contributed by atoms with van der Waals surface area (Å²) in [6.07, 6.45) is 6.10. The normalized spacial score (nSPS) is 15.4. The van der Waals surface area contributed by atoms with E-state index in [0.29, 0.717) is 13.1 Å². The standard InChI is InChI=1S/C29H32N2O2S/c1-3-4-18-30(27(32)15-12-23-8-6-5-7-9-23)21-28(33)31-19-16-26-25(17-20-34-26)29(31)24-13-10-22(2)11-14-24/h5-15,17,20,29H,3-4,16,18-19,21H2,1-2H3. The van der Waals surface area contributed by atoms with Crippen LogP contribution in [0.25, 0.3) is 6.08 Å². The second-order valence-corrected chi connectivity index (χ2v) is 9.81. The largest absolute Gasteiger partial charge is 0.330 e. The van der Waals surface area contributed by atoms with Crippen LogP contribution < -0.4 is 0 Å². The van der Waals surface area contributed by atoms with Crippen LogP contribution in [0.1, 0.15) is 52.9 Å². The number of fused-ring (bicyclic) bond motifs is 1. The highest BCUT2D eigenvalue weighted by molar-refractivity contribution is 7.10. The molecule has 2 heterocycles. The van der Waals surface area contributed by atoms with Gasteiger partial charge in [-0.2, -0.15) is 0 Å². The molecule has 1 unspecified atom stereocenters. The van der Waals surface area contributed by atoms with Crippen LogP contribution in [0.4, 0.5) is 0 Å². The molecule has 3 aromatic rings. The zero-order chi connectivity index (χ0) is 23.9. The molecule has 34 heavy (non-hydrogen) atoms. The average Bonchev–Trinajstić information content (AvgIpc) is 3.34. The number of carbonyl (C=O) groups excluding carboxylic acids is 2. The maximum Gasteiger partial charge on any atom is 0.247 e. The van der Waals surface area contributed by atoms with Crippen molar-refractivity contribution in [2.24, 2.45) is 0 Å². The van der Waals surface area contributed by atoms with Crippen LogP contribution in [-0.4, -0.2) is 41.2 Å². The lowest BCUT2D eigenvalue weighted by Gasteiger charge is -2.37. The molecule has 1 atom stereocenters. The van der Waals surface area contributed by atoms with Crippen molar-refractivity contribution >= 4 is 29.2 Å². The molecule has 176 valence electrons. The molecule has 2 amide bonds. The van der Waals surface area contributed by atoms with Crippen LogP contribution in [0.3, 0.4) is 0 Å². The molecule has 2 aromatic carbocycles. The second kappa shape index (κ2) is 11.3. The molecule has 0 aliphatic carbocycles. The number of benzene rings is 2. The first-order chi connectivity index (χ1) is 16.6. The number of carbonyl (C=O) groups is 2. The van der Waals surface area contributed by atoms with Gasteiger partial charge in [-0.15, -0.1) is 11.3 Å². The number of hydrogen-bond acceptors (Lipinski definition) is 3. The van der Waals surface area contributed by atoms with E-state index >= 15 is 0 Å². The third-order valence-electron chi connectivity index (χ3n) is 6.32. The Morgan fingerprint density at radius 2 is 1.85 bits per heavy atom. The maximum atomic E-state index is 13.6. The van der Waals surface area contributed by atoms with Crippen molar-refractivity contribution in [3.63, 3.8) is 0 Å². The highest BCUT2D eigenvalue weighted by Crippen LogP contribution is 2.38. The predicted molar refractivity (Wildman–Crippen MR) is 140 cm³/mol. The number of hydrogen-bond donors (Lipinski definition) is 0. The van der Waals surface area contributed by atoms with Crippen LogP contribution in [0.2, 0.25) is 0 Å². The summed E-state index contributed by atoms with van der Waals surface area (Å²) in [7, 11) is 0. The lowest BCUT2D eigenvalue weighted by atomic mass is 9.92. The molecule has 4 nitrogen and oxygen atoms in total. The zero-order valence-electron chi connectivity index (χ0n) is 19.9. The van der Waals surface area contributed by atoms with E-state index in [0.717, 1.165) is 30.4 Å². The minimum absolute atomic E-state index is 0.0000100. The van der Waals surface area contributed by atoms with Gasteiger partial charge in [-0.3, -0.25) is 9.59 Å². The Kier molecular flexibility index (Phi) is 7.96. The SMILES string of the molecule is CCCCN(CC(=O)N1CCc2sccc2C1c1ccc(C)cc1)C(=O)C=Cc1ccccc1. The van der Waals surface area contributed by atoms with E-state index in [4.69, 9.17) is 0 Å². The fourth-order valence-corrected chi connectivity index (χ4v) is 5.30. The summed E-state index contributed by atoms with van der Waals surface area (Å²) >= 11 is 1.76. The van der Waals surface area contributed by atoms with Crippen LogP contribution in [0, 0.1) is 6.92 Å². The first-order valence-corrected chi connectivity index (χ1v) is 12.9. The van der Waals surface area contributed by atoms with E-state index in [1.807, 2.05) is 41.3 Å². The van der Waals surface area contributed by atoms with Gasteiger partial charge in [0.05, 0.1) is 6.04 Å². The number of rotatable bonds is 8. The molecule has 0 fully saturated rings. The third kappa shape index (κ3) is 5.65. The molecule has 0 N–H and O–H groups in total. The summed E-state index contributed by atoms with van der Waals surface area (Å²) in [6, 6.07) is 20.3. The highest BCUT2D eigenvalue weighted by atomic mass is 32.1. The quantitative estimate of drug-likeness (QED) is 0.385. The molecule has 5 heteroatoms. The van der Waals surface area contributed by atoms with Crippen LogP contribution in [-0.2, 0) is 16.0 Å². The molecule has 4 rings (SSSR count). The number of unbranched alkanes of at least 4 members (excludes halogenated alkanes) is 1. The smallest absolute Gasteiger partial charge is 0.247 e. The van der Waals surface area contributed by atoms with E-state index in [9.17, 15) is 9.59 Å². The molecule has 0 spiro atoms. The summed E-state index contributed by atoms with van der Waals surface area (Å²) in [5.41, 5.74) is 4.50. The van der Waals surface area contributed by atoms with Gasteiger partial charge >= 0.3 is 0 Å².